The summed E-state index contributed by atoms with van der Waals surface area (Å²) in [5, 5.41) is 20.2. The predicted octanol–water partition coefficient (Wildman–Crippen LogP) is 2.93. The number of carbonyl (C=O) groups excluding carboxylic acids is 1. The smallest absolute Gasteiger partial charge is 0.326 e. The standard InChI is InChI=1S/C17H20N2O5S/c20-16(10-25-13-7-5-12(6-8-13)19(23)24)18-14-4-2-1-3-11(14)9-15(18)17(21)22/h5-8,11,14-15H,1-4,9-10H2,(H,21,22). The normalized spacial score (nSPS) is 25.4. The quantitative estimate of drug-likeness (QED) is 0.490. The van der Waals surface area contributed by atoms with Crippen LogP contribution in [0.5, 0.6) is 0 Å². The summed E-state index contributed by atoms with van der Waals surface area (Å²) in [7, 11) is 0. The molecule has 0 bridgehead atoms. The van der Waals surface area contributed by atoms with Gasteiger partial charge in [-0.3, -0.25) is 14.9 Å². The number of hydrogen-bond acceptors (Lipinski definition) is 5. The summed E-state index contributed by atoms with van der Waals surface area (Å²) in [5.41, 5.74) is 0.00575. The largest absolute Gasteiger partial charge is 0.480 e. The highest BCUT2D eigenvalue weighted by atomic mass is 32.2. The molecule has 1 aromatic rings. The molecule has 1 aromatic carbocycles. The summed E-state index contributed by atoms with van der Waals surface area (Å²) in [6, 6.07) is 5.34. The summed E-state index contributed by atoms with van der Waals surface area (Å²) < 4.78 is 0. The van der Waals surface area contributed by atoms with Crippen molar-refractivity contribution in [2.45, 2.75) is 49.1 Å². The van der Waals surface area contributed by atoms with Gasteiger partial charge < -0.3 is 10.0 Å². The van der Waals surface area contributed by atoms with E-state index in [-0.39, 0.29) is 23.4 Å². The molecule has 25 heavy (non-hydrogen) atoms. The Morgan fingerprint density at radius 1 is 1.24 bits per heavy atom. The fourth-order valence-electron chi connectivity index (χ4n) is 3.92. The Morgan fingerprint density at radius 2 is 1.92 bits per heavy atom. The number of rotatable bonds is 5. The fourth-order valence-corrected chi connectivity index (χ4v) is 4.69. The molecule has 0 aromatic heterocycles. The Hall–Kier alpha value is -2.09. The van der Waals surface area contributed by atoms with Gasteiger partial charge in [0, 0.05) is 23.1 Å². The molecule has 0 radical (unpaired) electrons. The molecule has 3 unspecified atom stereocenters. The van der Waals surface area contributed by atoms with Gasteiger partial charge in [0.2, 0.25) is 5.91 Å². The highest BCUT2D eigenvalue weighted by Gasteiger charge is 2.47. The Labute approximate surface area is 149 Å². The van der Waals surface area contributed by atoms with E-state index in [0.717, 1.165) is 30.6 Å². The van der Waals surface area contributed by atoms with E-state index in [9.17, 15) is 24.8 Å². The molecule has 1 aliphatic heterocycles. The molecular formula is C17H20N2O5S. The monoisotopic (exact) mass is 364 g/mol. The van der Waals surface area contributed by atoms with Crippen LogP contribution in [0.1, 0.15) is 32.1 Å². The average Bonchev–Trinajstić information content (AvgIpc) is 3.00. The van der Waals surface area contributed by atoms with Crippen LogP contribution in [0.4, 0.5) is 5.69 Å². The molecular weight excluding hydrogens is 344 g/mol. The van der Waals surface area contributed by atoms with Gasteiger partial charge in [-0.05, 0) is 37.3 Å². The number of thioether (sulfide) groups is 1. The lowest BCUT2D eigenvalue weighted by Crippen LogP contribution is -2.47. The van der Waals surface area contributed by atoms with Crippen molar-refractivity contribution in [1.29, 1.82) is 0 Å². The van der Waals surface area contributed by atoms with Gasteiger partial charge in [0.25, 0.3) is 5.69 Å². The van der Waals surface area contributed by atoms with E-state index < -0.39 is 16.9 Å². The van der Waals surface area contributed by atoms with Crippen molar-refractivity contribution in [3.05, 3.63) is 34.4 Å². The zero-order valence-corrected chi connectivity index (χ0v) is 14.5. The van der Waals surface area contributed by atoms with Gasteiger partial charge in [0.05, 0.1) is 10.7 Å². The van der Waals surface area contributed by atoms with Crippen molar-refractivity contribution in [2.24, 2.45) is 5.92 Å². The van der Waals surface area contributed by atoms with Crippen LogP contribution in [0.25, 0.3) is 0 Å². The Kier molecular flexibility index (Phi) is 5.27. The molecule has 8 heteroatoms. The van der Waals surface area contributed by atoms with Crippen molar-refractivity contribution >= 4 is 29.3 Å². The van der Waals surface area contributed by atoms with E-state index in [1.807, 2.05) is 0 Å². The van der Waals surface area contributed by atoms with Crippen LogP contribution >= 0.6 is 11.8 Å². The minimum Gasteiger partial charge on any atom is -0.480 e. The van der Waals surface area contributed by atoms with E-state index in [2.05, 4.69) is 0 Å². The van der Waals surface area contributed by atoms with E-state index in [1.54, 1.807) is 17.0 Å². The number of benzene rings is 1. The van der Waals surface area contributed by atoms with Crippen LogP contribution in [0.2, 0.25) is 0 Å². The van der Waals surface area contributed by atoms with Gasteiger partial charge in [-0.25, -0.2) is 4.79 Å². The van der Waals surface area contributed by atoms with Gasteiger partial charge in [-0.2, -0.15) is 0 Å². The van der Waals surface area contributed by atoms with Crippen LogP contribution in [0.15, 0.2) is 29.2 Å². The highest BCUT2D eigenvalue weighted by Crippen LogP contribution is 2.40. The molecule has 1 aliphatic carbocycles. The van der Waals surface area contributed by atoms with Gasteiger partial charge in [-0.15, -0.1) is 11.8 Å². The van der Waals surface area contributed by atoms with Gasteiger partial charge >= 0.3 is 5.97 Å². The average molecular weight is 364 g/mol. The molecule has 1 N–H and O–H groups in total. The fraction of sp³-hybridized carbons (Fsp3) is 0.529. The number of fused-ring (bicyclic) bond motifs is 1. The number of hydrogen-bond donors (Lipinski definition) is 1. The number of non-ortho nitro benzene ring substituents is 1. The number of carboxylic acids is 1. The number of likely N-dealkylation sites (tertiary alicyclic amines) is 1. The molecule has 134 valence electrons. The van der Waals surface area contributed by atoms with Crippen LogP contribution < -0.4 is 0 Å². The van der Waals surface area contributed by atoms with Crippen LogP contribution in [-0.2, 0) is 9.59 Å². The number of carbonyl (C=O) groups is 2. The predicted molar refractivity (Wildman–Crippen MR) is 92.5 cm³/mol. The van der Waals surface area contributed by atoms with Crippen molar-refractivity contribution in [2.75, 3.05) is 5.75 Å². The van der Waals surface area contributed by atoms with Crippen LogP contribution in [-0.4, -0.2) is 44.6 Å². The van der Waals surface area contributed by atoms with E-state index >= 15 is 0 Å². The first-order valence-corrected chi connectivity index (χ1v) is 9.37. The first kappa shape index (κ1) is 17.7. The molecule has 3 rings (SSSR count). The molecule has 3 atom stereocenters. The Bertz CT molecular complexity index is 678. The Balaban J connectivity index is 1.66. The summed E-state index contributed by atoms with van der Waals surface area (Å²) in [6.07, 6.45) is 4.56. The maximum absolute atomic E-state index is 12.7. The first-order chi connectivity index (χ1) is 12.0. The summed E-state index contributed by atoms with van der Waals surface area (Å²) in [4.78, 5) is 36.8. The van der Waals surface area contributed by atoms with Crippen molar-refractivity contribution in [3.63, 3.8) is 0 Å². The molecule has 1 saturated carbocycles. The molecule has 1 saturated heterocycles. The number of nitro groups is 1. The van der Waals surface area contributed by atoms with Crippen molar-refractivity contribution in [3.8, 4) is 0 Å². The molecule has 0 spiro atoms. The van der Waals surface area contributed by atoms with Crippen molar-refractivity contribution in [1.82, 2.24) is 4.90 Å². The molecule has 1 amide bonds. The van der Waals surface area contributed by atoms with Gasteiger partial charge in [0.15, 0.2) is 0 Å². The lowest BCUT2D eigenvalue weighted by molar-refractivity contribution is -0.384. The SMILES string of the molecule is O=C(O)C1CC2CCCCC2N1C(=O)CSc1ccc([N+](=O)[O-])cc1. The molecule has 2 fully saturated rings. The molecule has 2 aliphatic rings. The third kappa shape index (κ3) is 3.78. The first-order valence-electron chi connectivity index (χ1n) is 8.38. The minimum atomic E-state index is -0.928. The third-order valence-corrected chi connectivity index (χ3v) is 6.07. The van der Waals surface area contributed by atoms with E-state index in [1.165, 1.54) is 23.9 Å². The van der Waals surface area contributed by atoms with E-state index in [4.69, 9.17) is 0 Å². The number of carboxylic acid groups (broad SMARTS) is 1. The number of nitrogens with zero attached hydrogens (tertiary/aromatic N) is 2. The van der Waals surface area contributed by atoms with Crippen molar-refractivity contribution < 1.29 is 19.6 Å². The third-order valence-electron chi connectivity index (χ3n) is 5.07. The Morgan fingerprint density at radius 3 is 2.56 bits per heavy atom. The van der Waals surface area contributed by atoms with Gasteiger partial charge in [0.1, 0.15) is 6.04 Å². The van der Waals surface area contributed by atoms with Crippen LogP contribution in [0, 0.1) is 16.0 Å². The topological polar surface area (TPSA) is 101 Å². The maximum atomic E-state index is 12.7. The summed E-state index contributed by atoms with van der Waals surface area (Å²) >= 11 is 1.28. The summed E-state index contributed by atoms with van der Waals surface area (Å²) in [6.45, 7) is 0. The lowest BCUT2D eigenvalue weighted by atomic mass is 9.85. The maximum Gasteiger partial charge on any atom is 0.326 e. The highest BCUT2D eigenvalue weighted by molar-refractivity contribution is 8.00. The number of amides is 1. The molecule has 7 nitrogen and oxygen atoms in total. The second-order valence-corrected chi connectivity index (χ2v) is 7.59. The number of nitro benzene ring substituents is 1. The second-order valence-electron chi connectivity index (χ2n) is 6.54. The molecule has 1 heterocycles. The van der Waals surface area contributed by atoms with E-state index in [0.29, 0.717) is 12.3 Å². The zero-order valence-electron chi connectivity index (χ0n) is 13.7. The number of aliphatic carboxylic acids is 1. The van der Waals surface area contributed by atoms with Gasteiger partial charge in [-0.1, -0.05) is 12.8 Å². The lowest BCUT2D eigenvalue weighted by Gasteiger charge is -2.33. The zero-order chi connectivity index (χ0) is 18.0. The van der Waals surface area contributed by atoms with Crippen LogP contribution in [0.3, 0.4) is 0 Å². The second kappa shape index (κ2) is 7.43. The minimum absolute atomic E-state index is 0.00575. The summed E-state index contributed by atoms with van der Waals surface area (Å²) in [5.74, 6) is -0.651.